The number of benzene rings is 1. The second-order valence-corrected chi connectivity index (χ2v) is 3.17. The smallest absolute Gasteiger partial charge is 0.0912 e. The molecule has 0 saturated carbocycles. The summed E-state index contributed by atoms with van der Waals surface area (Å²) in [5.74, 6) is 0. The van der Waals surface area contributed by atoms with Crippen molar-refractivity contribution in [1.82, 2.24) is 0 Å². The Morgan fingerprint density at radius 1 is 1.31 bits per heavy atom. The highest BCUT2D eigenvalue weighted by Crippen LogP contribution is 2.27. The van der Waals surface area contributed by atoms with Gasteiger partial charge in [-0.1, -0.05) is 23.2 Å². The van der Waals surface area contributed by atoms with Crippen LogP contribution in [0.3, 0.4) is 0 Å². The maximum absolute atomic E-state index is 8.30. The first-order valence-electron chi connectivity index (χ1n) is 3.46. The van der Waals surface area contributed by atoms with Crippen LogP contribution < -0.4 is 5.73 Å². The fourth-order valence-electron chi connectivity index (χ4n) is 0.832. The van der Waals surface area contributed by atoms with Crippen molar-refractivity contribution in [2.75, 3.05) is 5.73 Å². The van der Waals surface area contributed by atoms with Gasteiger partial charge in [-0.25, -0.2) is 0 Å². The standard InChI is InChI=1S/C9H6Cl2N2/c10-7-5-9(13)8(11)4-6(7)2-1-3-12/h1-2,4-5H,13H2. The van der Waals surface area contributed by atoms with Crippen LogP contribution in [0.1, 0.15) is 5.56 Å². The number of nitrogens with zero attached hydrogens (tertiary/aromatic N) is 1. The normalized spacial score (nSPS) is 10.2. The number of hydrogen-bond donors (Lipinski definition) is 1. The van der Waals surface area contributed by atoms with Crippen LogP contribution >= 0.6 is 23.2 Å². The summed E-state index contributed by atoms with van der Waals surface area (Å²) in [7, 11) is 0. The monoisotopic (exact) mass is 212 g/mol. The Kier molecular flexibility index (Phi) is 3.18. The lowest BCUT2D eigenvalue weighted by atomic mass is 10.2. The number of nitriles is 1. The Hall–Kier alpha value is -1.17. The summed E-state index contributed by atoms with van der Waals surface area (Å²) in [4.78, 5) is 0. The van der Waals surface area contributed by atoms with E-state index in [-0.39, 0.29) is 0 Å². The topological polar surface area (TPSA) is 49.8 Å². The van der Waals surface area contributed by atoms with Gasteiger partial charge in [-0.3, -0.25) is 0 Å². The van der Waals surface area contributed by atoms with Crippen molar-refractivity contribution in [1.29, 1.82) is 5.26 Å². The highest BCUT2D eigenvalue weighted by atomic mass is 35.5. The molecule has 0 unspecified atom stereocenters. The van der Waals surface area contributed by atoms with E-state index in [1.165, 1.54) is 6.08 Å². The minimum atomic E-state index is 0.431. The first-order chi connectivity index (χ1) is 6.15. The van der Waals surface area contributed by atoms with Gasteiger partial charge in [-0.15, -0.1) is 0 Å². The molecule has 0 aliphatic heterocycles. The van der Waals surface area contributed by atoms with Crippen molar-refractivity contribution in [3.05, 3.63) is 33.8 Å². The Morgan fingerprint density at radius 2 is 2.00 bits per heavy atom. The van der Waals surface area contributed by atoms with Crippen LogP contribution in [0.4, 0.5) is 5.69 Å². The summed E-state index contributed by atoms with van der Waals surface area (Å²) < 4.78 is 0. The Bertz CT molecular complexity index is 391. The molecule has 1 aromatic rings. The summed E-state index contributed by atoms with van der Waals surface area (Å²) in [6, 6.07) is 5.04. The Balaban J connectivity index is 3.17. The molecule has 0 spiro atoms. The van der Waals surface area contributed by atoms with Crippen LogP contribution in [0.25, 0.3) is 6.08 Å². The van der Waals surface area contributed by atoms with Crippen LogP contribution in [-0.2, 0) is 0 Å². The number of rotatable bonds is 1. The summed E-state index contributed by atoms with van der Waals surface area (Å²) in [5, 5.41) is 9.22. The lowest BCUT2D eigenvalue weighted by molar-refractivity contribution is 1.54. The van der Waals surface area contributed by atoms with E-state index < -0.39 is 0 Å². The van der Waals surface area contributed by atoms with Gasteiger partial charge in [-0.05, 0) is 23.8 Å². The lowest BCUT2D eigenvalue weighted by Crippen LogP contribution is -1.87. The number of anilines is 1. The number of halogens is 2. The van der Waals surface area contributed by atoms with E-state index in [0.717, 1.165) is 0 Å². The van der Waals surface area contributed by atoms with Gasteiger partial charge in [-0.2, -0.15) is 5.26 Å². The quantitative estimate of drug-likeness (QED) is 0.575. The van der Waals surface area contributed by atoms with Crippen LogP contribution in [0, 0.1) is 11.3 Å². The highest BCUT2D eigenvalue weighted by molar-refractivity contribution is 6.36. The van der Waals surface area contributed by atoms with Crippen molar-refractivity contribution in [3.8, 4) is 6.07 Å². The predicted octanol–water partition coefficient (Wildman–Crippen LogP) is 3.11. The molecule has 0 heterocycles. The zero-order valence-corrected chi connectivity index (χ0v) is 8.10. The van der Waals surface area contributed by atoms with Gasteiger partial charge >= 0.3 is 0 Å². The van der Waals surface area contributed by atoms with Crippen LogP contribution in [-0.4, -0.2) is 0 Å². The zero-order valence-electron chi connectivity index (χ0n) is 6.59. The molecule has 1 rings (SSSR count). The Labute approximate surface area is 86.2 Å². The van der Waals surface area contributed by atoms with Crippen molar-refractivity contribution < 1.29 is 0 Å². The van der Waals surface area contributed by atoms with Crippen molar-refractivity contribution >= 4 is 35.0 Å². The van der Waals surface area contributed by atoms with Crippen molar-refractivity contribution in [2.24, 2.45) is 0 Å². The number of nitrogens with two attached hydrogens (primary N) is 1. The van der Waals surface area contributed by atoms with Crippen LogP contribution in [0.2, 0.25) is 10.0 Å². The molecule has 0 radical (unpaired) electrons. The molecule has 0 aliphatic carbocycles. The second-order valence-electron chi connectivity index (χ2n) is 2.36. The lowest BCUT2D eigenvalue weighted by Gasteiger charge is -2.01. The highest BCUT2D eigenvalue weighted by Gasteiger charge is 2.01. The van der Waals surface area contributed by atoms with Crippen LogP contribution in [0.5, 0.6) is 0 Å². The van der Waals surface area contributed by atoms with Crippen molar-refractivity contribution in [2.45, 2.75) is 0 Å². The van der Waals surface area contributed by atoms with Crippen molar-refractivity contribution in [3.63, 3.8) is 0 Å². The fraction of sp³-hybridized carbons (Fsp3) is 0. The predicted molar refractivity (Wildman–Crippen MR) is 55.5 cm³/mol. The number of hydrogen-bond acceptors (Lipinski definition) is 2. The Morgan fingerprint density at radius 3 is 2.62 bits per heavy atom. The van der Waals surface area contributed by atoms with E-state index in [1.54, 1.807) is 18.2 Å². The molecule has 66 valence electrons. The van der Waals surface area contributed by atoms with E-state index in [2.05, 4.69) is 0 Å². The van der Waals surface area contributed by atoms with E-state index in [4.69, 9.17) is 34.2 Å². The molecule has 0 bridgehead atoms. The molecule has 2 nitrogen and oxygen atoms in total. The molecule has 0 saturated heterocycles. The number of allylic oxidation sites excluding steroid dienone is 1. The molecule has 0 amide bonds. The van der Waals surface area contributed by atoms with Gasteiger partial charge in [0.2, 0.25) is 0 Å². The molecule has 1 aromatic carbocycles. The van der Waals surface area contributed by atoms with E-state index in [1.807, 2.05) is 6.07 Å². The molecule has 13 heavy (non-hydrogen) atoms. The van der Waals surface area contributed by atoms with Gasteiger partial charge in [0.15, 0.2) is 0 Å². The van der Waals surface area contributed by atoms with E-state index in [9.17, 15) is 0 Å². The molecule has 0 atom stereocenters. The third kappa shape index (κ3) is 2.38. The summed E-state index contributed by atoms with van der Waals surface area (Å²) in [6.45, 7) is 0. The van der Waals surface area contributed by atoms with Crippen LogP contribution in [0.15, 0.2) is 18.2 Å². The zero-order chi connectivity index (χ0) is 9.84. The minimum Gasteiger partial charge on any atom is -0.397 e. The van der Waals surface area contributed by atoms with E-state index >= 15 is 0 Å². The van der Waals surface area contributed by atoms with Gasteiger partial charge in [0.05, 0.1) is 16.8 Å². The largest absolute Gasteiger partial charge is 0.397 e. The third-order valence-corrected chi connectivity index (χ3v) is 2.11. The average Bonchev–Trinajstić information content (AvgIpc) is 2.09. The SMILES string of the molecule is N#CC=Cc1cc(Cl)c(N)cc1Cl. The summed E-state index contributed by atoms with van der Waals surface area (Å²) in [5.41, 5.74) is 6.63. The van der Waals surface area contributed by atoms with Gasteiger partial charge in [0.1, 0.15) is 0 Å². The molecule has 0 aliphatic rings. The molecule has 4 heteroatoms. The first kappa shape index (κ1) is 9.91. The third-order valence-electron chi connectivity index (χ3n) is 1.45. The van der Waals surface area contributed by atoms with Gasteiger partial charge < -0.3 is 5.73 Å². The maximum Gasteiger partial charge on any atom is 0.0912 e. The van der Waals surface area contributed by atoms with Gasteiger partial charge in [0, 0.05) is 11.1 Å². The number of nitrogen functional groups attached to an aromatic ring is 1. The minimum absolute atomic E-state index is 0.431. The molecule has 0 fully saturated rings. The molecule has 2 N–H and O–H groups in total. The summed E-state index contributed by atoms with van der Waals surface area (Å²) in [6.07, 6.45) is 2.90. The first-order valence-corrected chi connectivity index (χ1v) is 4.21. The second kappa shape index (κ2) is 4.18. The van der Waals surface area contributed by atoms with Gasteiger partial charge in [0.25, 0.3) is 0 Å². The molecular formula is C9H6Cl2N2. The molecular weight excluding hydrogens is 207 g/mol. The molecule has 0 aromatic heterocycles. The fourth-order valence-corrected chi connectivity index (χ4v) is 1.24. The average molecular weight is 213 g/mol. The summed E-state index contributed by atoms with van der Waals surface area (Å²) >= 11 is 11.6. The maximum atomic E-state index is 8.30. The van der Waals surface area contributed by atoms with E-state index in [0.29, 0.717) is 21.3 Å².